The van der Waals surface area contributed by atoms with Gasteiger partial charge in [-0.2, -0.15) is 0 Å². The maximum atomic E-state index is 2.50. The van der Waals surface area contributed by atoms with Gasteiger partial charge in [0.05, 0.1) is 0 Å². The smallest absolute Gasteiger partial charge is 0.128 e. The van der Waals surface area contributed by atoms with Crippen molar-refractivity contribution in [1.82, 2.24) is 0 Å². The molecular formula is C27H24N2. The van der Waals surface area contributed by atoms with E-state index in [-0.39, 0.29) is 6.17 Å². The summed E-state index contributed by atoms with van der Waals surface area (Å²) in [4.78, 5) is 5.01. The number of rotatable bonds is 4. The van der Waals surface area contributed by atoms with E-state index in [4.69, 9.17) is 0 Å². The number of anilines is 2. The standard InChI is InChI=1S/C27H24N2/c1-4-10-22(11-5-1)23-16-18-24(19-17-23)27-28(25-12-6-2-7-13-25)20-21-29(27)26-14-8-3-9-15-26/h1-19,27H,20-21H2. The Kier molecular flexibility index (Phi) is 4.75. The molecule has 0 atom stereocenters. The second-order valence-electron chi connectivity index (χ2n) is 7.42. The number of nitrogens with zero attached hydrogens (tertiary/aromatic N) is 2. The summed E-state index contributed by atoms with van der Waals surface area (Å²) in [5, 5.41) is 0. The SMILES string of the molecule is c1ccc(-c2ccc(C3N(c4ccccc4)CCN3c3ccccc3)cc2)cc1. The van der Waals surface area contributed by atoms with Crippen molar-refractivity contribution in [1.29, 1.82) is 0 Å². The first-order chi connectivity index (χ1) is 14.4. The van der Waals surface area contributed by atoms with Crippen molar-refractivity contribution in [3.05, 3.63) is 121 Å². The molecule has 2 nitrogen and oxygen atoms in total. The van der Waals surface area contributed by atoms with E-state index in [0.717, 1.165) is 13.1 Å². The van der Waals surface area contributed by atoms with Gasteiger partial charge in [-0.05, 0) is 41.0 Å². The van der Waals surface area contributed by atoms with Crippen LogP contribution in [0.4, 0.5) is 11.4 Å². The fourth-order valence-electron chi connectivity index (χ4n) is 4.25. The molecule has 142 valence electrons. The maximum absolute atomic E-state index is 2.50. The highest BCUT2D eigenvalue weighted by molar-refractivity contribution is 5.65. The van der Waals surface area contributed by atoms with E-state index in [1.807, 2.05) is 0 Å². The van der Waals surface area contributed by atoms with E-state index >= 15 is 0 Å². The van der Waals surface area contributed by atoms with Crippen LogP contribution in [0.1, 0.15) is 11.7 Å². The molecule has 2 heteroatoms. The second-order valence-corrected chi connectivity index (χ2v) is 7.42. The van der Waals surface area contributed by atoms with Crippen molar-refractivity contribution < 1.29 is 0 Å². The third kappa shape index (κ3) is 3.50. The fourth-order valence-corrected chi connectivity index (χ4v) is 4.25. The molecule has 0 unspecified atom stereocenters. The molecule has 0 saturated carbocycles. The van der Waals surface area contributed by atoms with Gasteiger partial charge in [-0.1, -0.05) is 91.0 Å². The van der Waals surface area contributed by atoms with Crippen molar-refractivity contribution in [2.24, 2.45) is 0 Å². The largest absolute Gasteiger partial charge is 0.346 e. The Morgan fingerprint density at radius 1 is 0.448 bits per heavy atom. The minimum absolute atomic E-state index is 0.185. The van der Waals surface area contributed by atoms with Gasteiger partial charge in [0.25, 0.3) is 0 Å². The minimum atomic E-state index is 0.185. The first-order valence-electron chi connectivity index (χ1n) is 10.2. The van der Waals surface area contributed by atoms with E-state index in [9.17, 15) is 0 Å². The van der Waals surface area contributed by atoms with Crippen molar-refractivity contribution in [3.63, 3.8) is 0 Å². The summed E-state index contributed by atoms with van der Waals surface area (Å²) in [6.45, 7) is 2.01. The molecule has 0 amide bonds. The third-order valence-electron chi connectivity index (χ3n) is 5.66. The molecule has 0 radical (unpaired) electrons. The molecule has 5 rings (SSSR count). The molecule has 1 heterocycles. The number of hydrogen-bond donors (Lipinski definition) is 0. The van der Waals surface area contributed by atoms with E-state index in [2.05, 4.69) is 125 Å². The van der Waals surface area contributed by atoms with Gasteiger partial charge in [-0.15, -0.1) is 0 Å². The van der Waals surface area contributed by atoms with Gasteiger partial charge in [0, 0.05) is 24.5 Å². The lowest BCUT2D eigenvalue weighted by molar-refractivity contribution is 0.717. The van der Waals surface area contributed by atoms with Gasteiger partial charge in [-0.25, -0.2) is 0 Å². The van der Waals surface area contributed by atoms with E-state index in [1.165, 1.54) is 28.1 Å². The highest BCUT2D eigenvalue weighted by atomic mass is 15.4. The van der Waals surface area contributed by atoms with Gasteiger partial charge in [0.1, 0.15) is 6.17 Å². The molecule has 0 spiro atoms. The lowest BCUT2D eigenvalue weighted by Crippen LogP contribution is -2.30. The molecule has 1 saturated heterocycles. The van der Waals surface area contributed by atoms with Gasteiger partial charge >= 0.3 is 0 Å². The summed E-state index contributed by atoms with van der Waals surface area (Å²) in [5.41, 5.74) is 6.36. The topological polar surface area (TPSA) is 6.48 Å². The van der Waals surface area contributed by atoms with Gasteiger partial charge < -0.3 is 9.80 Å². The number of benzene rings is 4. The van der Waals surface area contributed by atoms with Crippen LogP contribution in [-0.2, 0) is 0 Å². The van der Waals surface area contributed by atoms with Crippen LogP contribution in [0, 0.1) is 0 Å². The summed E-state index contributed by atoms with van der Waals surface area (Å²) >= 11 is 0. The number of hydrogen-bond acceptors (Lipinski definition) is 2. The Bertz CT molecular complexity index is 996. The molecule has 29 heavy (non-hydrogen) atoms. The molecule has 0 aliphatic carbocycles. The van der Waals surface area contributed by atoms with Gasteiger partial charge in [-0.3, -0.25) is 0 Å². The van der Waals surface area contributed by atoms with Crippen molar-refractivity contribution in [3.8, 4) is 11.1 Å². The van der Waals surface area contributed by atoms with Crippen LogP contribution in [0.3, 0.4) is 0 Å². The average molecular weight is 377 g/mol. The normalized spacial score (nSPS) is 14.3. The minimum Gasteiger partial charge on any atom is -0.346 e. The monoisotopic (exact) mass is 376 g/mol. The Morgan fingerprint density at radius 2 is 0.862 bits per heavy atom. The molecule has 1 aliphatic heterocycles. The maximum Gasteiger partial charge on any atom is 0.128 e. The summed E-state index contributed by atoms with van der Waals surface area (Å²) in [7, 11) is 0. The van der Waals surface area contributed by atoms with Crippen LogP contribution in [0.5, 0.6) is 0 Å². The summed E-state index contributed by atoms with van der Waals surface area (Å²) in [6, 6.07) is 41.1. The lowest BCUT2D eigenvalue weighted by Gasteiger charge is -2.33. The molecule has 0 aromatic heterocycles. The average Bonchev–Trinajstić information content (AvgIpc) is 3.26. The molecule has 4 aromatic carbocycles. The highest BCUT2D eigenvalue weighted by Crippen LogP contribution is 2.38. The van der Waals surface area contributed by atoms with Crippen molar-refractivity contribution >= 4 is 11.4 Å². The highest BCUT2D eigenvalue weighted by Gasteiger charge is 2.33. The molecule has 1 fully saturated rings. The molecule has 0 N–H and O–H groups in total. The van der Waals surface area contributed by atoms with E-state index < -0.39 is 0 Å². The van der Waals surface area contributed by atoms with Crippen molar-refractivity contribution in [2.45, 2.75) is 6.17 Å². The van der Waals surface area contributed by atoms with Gasteiger partial charge in [0.2, 0.25) is 0 Å². The Morgan fingerprint density at radius 3 is 1.34 bits per heavy atom. The summed E-state index contributed by atoms with van der Waals surface area (Å²) in [6.07, 6.45) is 0.185. The zero-order valence-corrected chi connectivity index (χ0v) is 16.4. The first-order valence-corrected chi connectivity index (χ1v) is 10.2. The van der Waals surface area contributed by atoms with Crippen LogP contribution in [0.25, 0.3) is 11.1 Å². The van der Waals surface area contributed by atoms with E-state index in [0.29, 0.717) is 0 Å². The van der Waals surface area contributed by atoms with Crippen LogP contribution in [-0.4, -0.2) is 13.1 Å². The zero-order chi connectivity index (χ0) is 19.5. The fraction of sp³-hybridized carbons (Fsp3) is 0.111. The Balaban J connectivity index is 1.53. The number of para-hydroxylation sites is 2. The Hall–Kier alpha value is -3.52. The Labute approximate surface area is 172 Å². The molecule has 0 bridgehead atoms. The lowest BCUT2D eigenvalue weighted by atomic mass is 10.0. The van der Waals surface area contributed by atoms with Crippen molar-refractivity contribution in [2.75, 3.05) is 22.9 Å². The summed E-state index contributed by atoms with van der Waals surface area (Å²) < 4.78 is 0. The van der Waals surface area contributed by atoms with Crippen LogP contribution in [0.2, 0.25) is 0 Å². The third-order valence-corrected chi connectivity index (χ3v) is 5.66. The van der Waals surface area contributed by atoms with Crippen LogP contribution < -0.4 is 9.80 Å². The second kappa shape index (κ2) is 7.84. The van der Waals surface area contributed by atoms with Crippen LogP contribution >= 0.6 is 0 Å². The molecule has 1 aliphatic rings. The zero-order valence-electron chi connectivity index (χ0n) is 16.4. The quantitative estimate of drug-likeness (QED) is 0.408. The van der Waals surface area contributed by atoms with Crippen LogP contribution in [0.15, 0.2) is 115 Å². The van der Waals surface area contributed by atoms with Gasteiger partial charge in [0.15, 0.2) is 0 Å². The first kappa shape index (κ1) is 17.6. The molecular weight excluding hydrogens is 352 g/mol. The predicted molar refractivity (Wildman–Crippen MR) is 122 cm³/mol. The summed E-state index contributed by atoms with van der Waals surface area (Å²) in [5.74, 6) is 0. The molecule has 4 aromatic rings. The predicted octanol–water partition coefficient (Wildman–Crippen LogP) is 6.38. The van der Waals surface area contributed by atoms with E-state index in [1.54, 1.807) is 0 Å².